The van der Waals surface area contributed by atoms with Crippen molar-refractivity contribution in [2.75, 3.05) is 5.32 Å². The summed E-state index contributed by atoms with van der Waals surface area (Å²) in [5.41, 5.74) is 2.65. The van der Waals surface area contributed by atoms with Gasteiger partial charge in [0, 0.05) is 12.1 Å². The number of nitrogens with one attached hydrogen (secondary N) is 1. The Morgan fingerprint density at radius 3 is 2.48 bits per heavy atom. The molecule has 2 aromatic rings. The maximum Gasteiger partial charge on any atom is 0.306 e. The van der Waals surface area contributed by atoms with Crippen LogP contribution in [0.15, 0.2) is 36.5 Å². The van der Waals surface area contributed by atoms with Gasteiger partial charge in [-0.1, -0.05) is 12.1 Å². The van der Waals surface area contributed by atoms with Crippen LogP contribution in [-0.2, 0) is 9.59 Å². The van der Waals surface area contributed by atoms with Crippen molar-refractivity contribution >= 4 is 17.6 Å². The summed E-state index contributed by atoms with van der Waals surface area (Å²) in [5, 5.41) is 12.0. The van der Waals surface area contributed by atoms with E-state index in [0.29, 0.717) is 43.0 Å². The standard InChI is InChI=1S/C21H24N2O4/c1-13-5-3-7-18(14(13)2)27-20-17(6-4-12-22-20)23-19(24)15-8-10-16(11-9-15)21(25)26/h3-7,12,15-16H,8-11H2,1-2H3,(H,23,24)(H,25,26). The van der Waals surface area contributed by atoms with Crippen molar-refractivity contribution in [3.05, 3.63) is 47.7 Å². The second kappa shape index (κ2) is 8.20. The molecule has 0 atom stereocenters. The van der Waals surface area contributed by atoms with Crippen LogP contribution in [0.1, 0.15) is 36.8 Å². The molecule has 1 heterocycles. The number of carbonyl (C=O) groups excluding carboxylic acids is 1. The molecular weight excluding hydrogens is 344 g/mol. The molecule has 142 valence electrons. The van der Waals surface area contributed by atoms with Crippen molar-refractivity contribution in [2.45, 2.75) is 39.5 Å². The number of benzene rings is 1. The topological polar surface area (TPSA) is 88.5 Å². The number of pyridine rings is 1. The molecule has 1 aromatic carbocycles. The van der Waals surface area contributed by atoms with Crippen molar-refractivity contribution in [1.82, 2.24) is 4.98 Å². The van der Waals surface area contributed by atoms with Gasteiger partial charge in [-0.05, 0) is 68.9 Å². The number of rotatable bonds is 5. The van der Waals surface area contributed by atoms with E-state index < -0.39 is 5.97 Å². The fourth-order valence-electron chi connectivity index (χ4n) is 3.34. The number of aryl methyl sites for hydroxylation is 1. The molecule has 1 fully saturated rings. The fourth-order valence-corrected chi connectivity index (χ4v) is 3.34. The molecule has 1 aliphatic rings. The lowest BCUT2D eigenvalue weighted by Crippen LogP contribution is -2.29. The molecule has 0 radical (unpaired) electrons. The first kappa shape index (κ1) is 18.9. The highest BCUT2D eigenvalue weighted by Crippen LogP contribution is 2.33. The van der Waals surface area contributed by atoms with Gasteiger partial charge in [0.15, 0.2) is 0 Å². The first-order valence-electron chi connectivity index (χ1n) is 9.18. The summed E-state index contributed by atoms with van der Waals surface area (Å²) in [7, 11) is 0. The number of carboxylic acids is 1. The van der Waals surface area contributed by atoms with Crippen molar-refractivity contribution in [3.63, 3.8) is 0 Å². The Balaban J connectivity index is 1.70. The lowest BCUT2D eigenvalue weighted by atomic mass is 9.81. The minimum absolute atomic E-state index is 0.113. The Labute approximate surface area is 158 Å². The number of hydrogen-bond acceptors (Lipinski definition) is 4. The summed E-state index contributed by atoms with van der Waals surface area (Å²) in [4.78, 5) is 28.0. The molecule has 1 aliphatic carbocycles. The van der Waals surface area contributed by atoms with Gasteiger partial charge in [-0.3, -0.25) is 9.59 Å². The molecule has 1 saturated carbocycles. The van der Waals surface area contributed by atoms with Crippen LogP contribution >= 0.6 is 0 Å². The maximum absolute atomic E-state index is 12.6. The van der Waals surface area contributed by atoms with Gasteiger partial charge in [0.1, 0.15) is 11.4 Å². The highest BCUT2D eigenvalue weighted by Gasteiger charge is 2.30. The Bertz CT molecular complexity index is 842. The number of ether oxygens (including phenoxy) is 1. The van der Waals surface area contributed by atoms with Gasteiger partial charge < -0.3 is 15.2 Å². The Morgan fingerprint density at radius 1 is 1.07 bits per heavy atom. The van der Waals surface area contributed by atoms with E-state index in [9.17, 15) is 9.59 Å². The van der Waals surface area contributed by atoms with Crippen molar-refractivity contribution in [2.24, 2.45) is 11.8 Å². The summed E-state index contributed by atoms with van der Waals surface area (Å²) in [6.45, 7) is 3.99. The first-order chi connectivity index (χ1) is 13.0. The third kappa shape index (κ3) is 4.45. The molecular formula is C21H24N2O4. The van der Waals surface area contributed by atoms with E-state index in [1.807, 2.05) is 32.0 Å². The number of hydrogen-bond donors (Lipinski definition) is 2. The average molecular weight is 368 g/mol. The van der Waals surface area contributed by atoms with Crippen LogP contribution in [0.4, 0.5) is 5.69 Å². The fraction of sp³-hybridized carbons (Fsp3) is 0.381. The van der Waals surface area contributed by atoms with Crippen LogP contribution in [0, 0.1) is 25.7 Å². The third-order valence-corrected chi connectivity index (χ3v) is 5.24. The van der Waals surface area contributed by atoms with E-state index in [4.69, 9.17) is 9.84 Å². The molecule has 3 rings (SSSR count). The minimum atomic E-state index is -0.773. The van der Waals surface area contributed by atoms with Gasteiger partial charge in [-0.25, -0.2) is 4.98 Å². The molecule has 0 unspecified atom stereocenters. The Hall–Kier alpha value is -2.89. The van der Waals surface area contributed by atoms with Gasteiger partial charge in [0.25, 0.3) is 0 Å². The average Bonchev–Trinajstić information content (AvgIpc) is 2.67. The third-order valence-electron chi connectivity index (χ3n) is 5.24. The molecule has 6 nitrogen and oxygen atoms in total. The largest absolute Gasteiger partial charge is 0.481 e. The molecule has 27 heavy (non-hydrogen) atoms. The summed E-state index contributed by atoms with van der Waals surface area (Å²) < 4.78 is 5.95. The van der Waals surface area contributed by atoms with E-state index in [0.717, 1.165) is 11.1 Å². The smallest absolute Gasteiger partial charge is 0.306 e. The van der Waals surface area contributed by atoms with Crippen molar-refractivity contribution in [1.29, 1.82) is 0 Å². The number of carboxylic acid groups (broad SMARTS) is 1. The molecule has 0 aliphatic heterocycles. The van der Waals surface area contributed by atoms with Crippen LogP contribution < -0.4 is 10.1 Å². The zero-order valence-electron chi connectivity index (χ0n) is 15.6. The van der Waals surface area contributed by atoms with Gasteiger partial charge in [0.2, 0.25) is 11.8 Å². The number of anilines is 1. The highest BCUT2D eigenvalue weighted by atomic mass is 16.5. The Morgan fingerprint density at radius 2 is 1.78 bits per heavy atom. The van der Waals surface area contributed by atoms with E-state index in [-0.39, 0.29) is 17.7 Å². The molecule has 1 aromatic heterocycles. The van der Waals surface area contributed by atoms with Crippen LogP contribution in [0.25, 0.3) is 0 Å². The predicted molar refractivity (Wildman–Crippen MR) is 102 cm³/mol. The lowest BCUT2D eigenvalue weighted by Gasteiger charge is -2.25. The first-order valence-corrected chi connectivity index (χ1v) is 9.18. The quantitative estimate of drug-likeness (QED) is 0.820. The molecule has 2 N–H and O–H groups in total. The monoisotopic (exact) mass is 368 g/mol. The van der Waals surface area contributed by atoms with Crippen LogP contribution in [0.3, 0.4) is 0 Å². The second-order valence-electron chi connectivity index (χ2n) is 7.03. The van der Waals surface area contributed by atoms with E-state index in [1.54, 1.807) is 18.3 Å². The minimum Gasteiger partial charge on any atom is -0.481 e. The van der Waals surface area contributed by atoms with Crippen LogP contribution in [-0.4, -0.2) is 22.0 Å². The van der Waals surface area contributed by atoms with E-state index >= 15 is 0 Å². The molecule has 1 amide bonds. The SMILES string of the molecule is Cc1cccc(Oc2ncccc2NC(=O)C2CCC(C(=O)O)CC2)c1C. The summed E-state index contributed by atoms with van der Waals surface area (Å²) in [6.07, 6.45) is 3.85. The van der Waals surface area contributed by atoms with Gasteiger partial charge in [-0.2, -0.15) is 0 Å². The van der Waals surface area contributed by atoms with Crippen LogP contribution in [0.5, 0.6) is 11.6 Å². The summed E-state index contributed by atoms with van der Waals surface area (Å²) in [6, 6.07) is 9.30. The summed E-state index contributed by atoms with van der Waals surface area (Å²) >= 11 is 0. The van der Waals surface area contributed by atoms with E-state index in [2.05, 4.69) is 10.3 Å². The molecule has 0 spiro atoms. The van der Waals surface area contributed by atoms with E-state index in [1.165, 1.54) is 0 Å². The number of aliphatic carboxylic acids is 1. The maximum atomic E-state index is 12.6. The molecule has 0 saturated heterocycles. The van der Waals surface area contributed by atoms with Gasteiger partial charge in [0.05, 0.1) is 5.92 Å². The van der Waals surface area contributed by atoms with Gasteiger partial charge >= 0.3 is 5.97 Å². The number of nitrogens with zero attached hydrogens (tertiary/aromatic N) is 1. The molecule has 6 heteroatoms. The normalized spacial score (nSPS) is 19.3. The lowest BCUT2D eigenvalue weighted by molar-refractivity contribution is -0.143. The number of amides is 1. The zero-order chi connectivity index (χ0) is 19.4. The number of carbonyl (C=O) groups is 2. The number of aromatic nitrogens is 1. The van der Waals surface area contributed by atoms with Crippen molar-refractivity contribution < 1.29 is 19.4 Å². The molecule has 0 bridgehead atoms. The zero-order valence-corrected chi connectivity index (χ0v) is 15.6. The predicted octanol–water partition coefficient (Wildman–Crippen LogP) is 4.32. The highest BCUT2D eigenvalue weighted by molar-refractivity contribution is 5.93. The van der Waals surface area contributed by atoms with Crippen molar-refractivity contribution in [3.8, 4) is 11.6 Å². The summed E-state index contributed by atoms with van der Waals surface area (Å²) in [5.74, 6) is -0.363. The van der Waals surface area contributed by atoms with Gasteiger partial charge in [-0.15, -0.1) is 0 Å². The Kier molecular flexibility index (Phi) is 5.74. The van der Waals surface area contributed by atoms with Crippen LogP contribution in [0.2, 0.25) is 0 Å². The second-order valence-corrected chi connectivity index (χ2v) is 7.03.